The molecule has 0 bridgehead atoms. The maximum Gasteiger partial charge on any atom is 0.227 e. The van der Waals surface area contributed by atoms with Crippen molar-refractivity contribution in [2.45, 2.75) is 0 Å². The highest BCUT2D eigenvalue weighted by Crippen LogP contribution is 2.46. The topological polar surface area (TPSA) is 58.5 Å². The SMILES string of the molecule is c1ccc(N(c2ccc(-c3nc4ccccc4o3)cc2)c2ccc3c(c2)sc2cc4c(cc23)sc2cc(N(c3ccccc3)c3ccc(-c5nc6ccccc6o5)cc3)ccc24)cc1. The van der Waals surface area contributed by atoms with Crippen molar-refractivity contribution in [3.05, 3.63) is 206 Å². The van der Waals surface area contributed by atoms with Gasteiger partial charge in [0.1, 0.15) is 11.0 Å². The van der Waals surface area contributed by atoms with Crippen molar-refractivity contribution >= 4 is 119 Å². The van der Waals surface area contributed by atoms with Crippen molar-refractivity contribution in [2.75, 3.05) is 9.80 Å². The molecule has 8 heteroatoms. The van der Waals surface area contributed by atoms with E-state index in [4.69, 9.17) is 18.8 Å². The average Bonchev–Trinajstić information content (AvgIpc) is 4.14. The fourth-order valence-electron chi connectivity index (χ4n) is 8.85. The van der Waals surface area contributed by atoms with E-state index < -0.39 is 0 Å². The van der Waals surface area contributed by atoms with Gasteiger partial charge in [-0.05, 0) is 133 Å². The lowest BCUT2D eigenvalue weighted by Crippen LogP contribution is -2.09. The van der Waals surface area contributed by atoms with Crippen molar-refractivity contribution < 1.29 is 8.83 Å². The average molecular weight is 859 g/mol. The summed E-state index contributed by atoms with van der Waals surface area (Å²) in [5, 5.41) is 5.09. The van der Waals surface area contributed by atoms with Gasteiger partial charge in [-0.1, -0.05) is 72.8 Å². The smallest absolute Gasteiger partial charge is 0.227 e. The molecule has 0 fully saturated rings. The Morgan fingerprint density at radius 1 is 0.312 bits per heavy atom. The summed E-state index contributed by atoms with van der Waals surface area (Å²) >= 11 is 3.71. The molecule has 9 aromatic carbocycles. The van der Waals surface area contributed by atoms with Crippen LogP contribution in [0.5, 0.6) is 0 Å². The lowest BCUT2D eigenvalue weighted by atomic mass is 10.1. The van der Waals surface area contributed by atoms with Crippen LogP contribution in [-0.2, 0) is 0 Å². The summed E-state index contributed by atoms with van der Waals surface area (Å²) in [6, 6.07) is 72.3. The lowest BCUT2D eigenvalue weighted by molar-refractivity contribution is 0.619. The molecule has 0 aliphatic rings. The number of anilines is 6. The third-order valence-corrected chi connectivity index (χ3v) is 14.1. The van der Waals surface area contributed by atoms with Gasteiger partial charge in [-0.3, -0.25) is 0 Å². The van der Waals surface area contributed by atoms with Crippen LogP contribution in [0.2, 0.25) is 0 Å². The molecule has 0 aliphatic heterocycles. The second kappa shape index (κ2) is 14.8. The molecule has 4 aromatic heterocycles. The minimum atomic E-state index is 0.618. The molecule has 0 spiro atoms. The molecule has 64 heavy (non-hydrogen) atoms. The molecule has 13 aromatic rings. The lowest BCUT2D eigenvalue weighted by Gasteiger charge is -2.25. The number of para-hydroxylation sites is 6. The summed E-state index contributed by atoms with van der Waals surface area (Å²) in [7, 11) is 0. The van der Waals surface area contributed by atoms with E-state index in [0.717, 1.165) is 67.5 Å². The van der Waals surface area contributed by atoms with Gasteiger partial charge in [0.25, 0.3) is 0 Å². The number of aromatic nitrogens is 2. The molecule has 13 rings (SSSR count). The third-order valence-electron chi connectivity index (χ3n) is 11.9. The number of hydrogen-bond acceptors (Lipinski definition) is 8. The van der Waals surface area contributed by atoms with Gasteiger partial charge >= 0.3 is 0 Å². The molecule has 0 N–H and O–H groups in total. The first-order valence-corrected chi connectivity index (χ1v) is 22.8. The maximum absolute atomic E-state index is 6.09. The Kier molecular flexibility index (Phi) is 8.47. The number of nitrogens with zero attached hydrogens (tertiary/aromatic N) is 4. The van der Waals surface area contributed by atoms with Crippen LogP contribution in [0.4, 0.5) is 34.1 Å². The molecule has 0 radical (unpaired) electrons. The molecule has 0 amide bonds. The van der Waals surface area contributed by atoms with E-state index in [-0.39, 0.29) is 0 Å². The van der Waals surface area contributed by atoms with Gasteiger partial charge in [0.2, 0.25) is 11.8 Å². The van der Waals surface area contributed by atoms with Crippen molar-refractivity contribution in [1.29, 1.82) is 0 Å². The summed E-state index contributed by atoms with van der Waals surface area (Å²) in [6.07, 6.45) is 0. The van der Waals surface area contributed by atoms with E-state index in [9.17, 15) is 0 Å². The summed E-state index contributed by atoms with van der Waals surface area (Å²) in [4.78, 5) is 14.1. The molecule has 0 saturated heterocycles. The van der Waals surface area contributed by atoms with Crippen molar-refractivity contribution in [1.82, 2.24) is 9.97 Å². The zero-order chi connectivity index (χ0) is 42.1. The van der Waals surface area contributed by atoms with Crippen molar-refractivity contribution in [3.8, 4) is 22.9 Å². The van der Waals surface area contributed by atoms with Crippen LogP contribution in [0.1, 0.15) is 0 Å². The van der Waals surface area contributed by atoms with Gasteiger partial charge in [-0.25, -0.2) is 9.97 Å². The molecular weight excluding hydrogens is 825 g/mol. The van der Waals surface area contributed by atoms with Crippen LogP contribution in [-0.4, -0.2) is 9.97 Å². The van der Waals surface area contributed by atoms with Crippen LogP contribution in [0.15, 0.2) is 215 Å². The number of rotatable bonds is 8. The Morgan fingerprint density at radius 2 is 0.672 bits per heavy atom. The molecule has 0 unspecified atom stereocenters. The van der Waals surface area contributed by atoms with Crippen molar-refractivity contribution in [3.63, 3.8) is 0 Å². The van der Waals surface area contributed by atoms with Crippen molar-refractivity contribution in [2.24, 2.45) is 0 Å². The molecule has 0 atom stereocenters. The molecule has 4 heterocycles. The monoisotopic (exact) mass is 858 g/mol. The minimum absolute atomic E-state index is 0.618. The number of hydrogen-bond donors (Lipinski definition) is 0. The second-order valence-corrected chi connectivity index (χ2v) is 18.0. The quantitative estimate of drug-likeness (QED) is 0.152. The van der Waals surface area contributed by atoms with Crippen LogP contribution in [0, 0.1) is 0 Å². The molecule has 6 nitrogen and oxygen atoms in total. The predicted molar refractivity (Wildman–Crippen MR) is 268 cm³/mol. The zero-order valence-electron chi connectivity index (χ0n) is 34.1. The minimum Gasteiger partial charge on any atom is -0.436 e. The summed E-state index contributed by atoms with van der Waals surface area (Å²) in [5.41, 5.74) is 11.7. The Balaban J connectivity index is 0.851. The van der Waals surface area contributed by atoms with Crippen LogP contribution >= 0.6 is 22.7 Å². The Hall–Kier alpha value is -8.04. The fourth-order valence-corrected chi connectivity index (χ4v) is 11.2. The normalized spacial score (nSPS) is 11.8. The van der Waals surface area contributed by atoms with E-state index >= 15 is 0 Å². The summed E-state index contributed by atoms with van der Waals surface area (Å²) < 4.78 is 17.2. The Morgan fingerprint density at radius 3 is 1.09 bits per heavy atom. The first kappa shape index (κ1) is 36.6. The van der Waals surface area contributed by atoms with E-state index in [1.807, 2.05) is 71.2 Å². The molecular formula is C56H34N4O2S2. The number of fused-ring (bicyclic) bond motifs is 8. The highest BCUT2D eigenvalue weighted by molar-refractivity contribution is 7.27. The van der Waals surface area contributed by atoms with Gasteiger partial charge < -0.3 is 18.6 Å². The second-order valence-electron chi connectivity index (χ2n) is 15.8. The third kappa shape index (κ3) is 6.22. The molecule has 0 aliphatic carbocycles. The van der Waals surface area contributed by atoms with Crippen LogP contribution < -0.4 is 9.80 Å². The first-order chi connectivity index (χ1) is 31.7. The van der Waals surface area contributed by atoms with E-state index in [1.54, 1.807) is 0 Å². The maximum atomic E-state index is 6.09. The fraction of sp³-hybridized carbons (Fsp3) is 0. The highest BCUT2D eigenvalue weighted by atomic mass is 32.1. The Labute approximate surface area is 375 Å². The number of oxazole rings is 2. The van der Waals surface area contributed by atoms with E-state index in [0.29, 0.717) is 11.8 Å². The van der Waals surface area contributed by atoms with E-state index in [2.05, 4.69) is 168 Å². The van der Waals surface area contributed by atoms with Gasteiger partial charge in [0.15, 0.2) is 11.2 Å². The highest BCUT2D eigenvalue weighted by Gasteiger charge is 2.19. The van der Waals surface area contributed by atoms with Gasteiger partial charge in [-0.15, -0.1) is 22.7 Å². The number of benzene rings is 9. The number of thiophene rings is 2. The molecule has 302 valence electrons. The Bertz CT molecular complexity index is 3530. The van der Waals surface area contributed by atoms with Gasteiger partial charge in [0, 0.05) is 85.6 Å². The molecule has 0 saturated carbocycles. The standard InChI is InChI=1S/C56H34N4O2S2/c1-3-11-37(12-4-1)59(39-23-19-35(20-24-39)55-57-47-15-7-9-17-49(47)61-55)41-27-29-43-45-33-54-46(34-53(45)63-51(43)31-41)44-30-28-42(32-52(44)64-54)60(38-13-5-2-6-14-38)40-25-21-36(22-26-40)56-58-48-16-8-10-18-50(48)62-56/h1-34H. The van der Waals surface area contributed by atoms with Crippen LogP contribution in [0.3, 0.4) is 0 Å². The first-order valence-electron chi connectivity index (χ1n) is 21.1. The summed E-state index contributed by atoms with van der Waals surface area (Å²) in [5.74, 6) is 1.24. The zero-order valence-corrected chi connectivity index (χ0v) is 35.7. The summed E-state index contributed by atoms with van der Waals surface area (Å²) in [6.45, 7) is 0. The van der Waals surface area contributed by atoms with E-state index in [1.165, 1.54) is 40.3 Å². The van der Waals surface area contributed by atoms with Gasteiger partial charge in [0.05, 0.1) is 0 Å². The largest absolute Gasteiger partial charge is 0.436 e. The van der Waals surface area contributed by atoms with Crippen LogP contribution in [0.25, 0.3) is 85.5 Å². The predicted octanol–water partition coefficient (Wildman–Crippen LogP) is 17.0. The van der Waals surface area contributed by atoms with Gasteiger partial charge in [-0.2, -0.15) is 0 Å².